The van der Waals surface area contributed by atoms with Crippen molar-refractivity contribution in [3.63, 3.8) is 0 Å². The molecule has 1 N–H and O–H groups in total. The van der Waals surface area contributed by atoms with Crippen LogP contribution in [0.4, 0.5) is 8.78 Å². The van der Waals surface area contributed by atoms with Gasteiger partial charge in [0.2, 0.25) is 0 Å². The monoisotopic (exact) mass is 165 g/mol. The lowest BCUT2D eigenvalue weighted by Gasteiger charge is -2.26. The van der Waals surface area contributed by atoms with Crippen LogP contribution in [0.25, 0.3) is 0 Å². The molecule has 66 valence electrons. The summed E-state index contributed by atoms with van der Waals surface area (Å²) in [5, 5.41) is 3.11. The third-order valence-corrected chi connectivity index (χ3v) is 1.78. The van der Waals surface area contributed by atoms with Crippen molar-refractivity contribution >= 4 is 0 Å². The SMILES string of the molecule is FC(F)COCCC1CNC1. The summed E-state index contributed by atoms with van der Waals surface area (Å²) in [6.07, 6.45) is -1.42. The average Bonchev–Trinajstić information content (AvgIpc) is 1.82. The normalized spacial score (nSPS) is 18.8. The Morgan fingerprint density at radius 2 is 2.18 bits per heavy atom. The summed E-state index contributed by atoms with van der Waals surface area (Å²) in [6.45, 7) is 2.08. The van der Waals surface area contributed by atoms with Crippen molar-refractivity contribution in [3.05, 3.63) is 0 Å². The van der Waals surface area contributed by atoms with Gasteiger partial charge in [-0.2, -0.15) is 0 Å². The summed E-state index contributed by atoms with van der Waals surface area (Å²) in [5.41, 5.74) is 0. The van der Waals surface area contributed by atoms with E-state index in [1.54, 1.807) is 0 Å². The Labute approximate surface area is 64.9 Å². The number of halogens is 2. The number of nitrogens with one attached hydrogen (secondary N) is 1. The maximum absolute atomic E-state index is 11.5. The van der Waals surface area contributed by atoms with Gasteiger partial charge in [0.1, 0.15) is 6.61 Å². The van der Waals surface area contributed by atoms with Crippen molar-refractivity contribution in [2.24, 2.45) is 5.92 Å². The Morgan fingerprint density at radius 3 is 2.64 bits per heavy atom. The van der Waals surface area contributed by atoms with Crippen LogP contribution in [-0.2, 0) is 4.74 Å². The lowest BCUT2D eigenvalue weighted by molar-refractivity contribution is 0.0110. The van der Waals surface area contributed by atoms with Gasteiger partial charge >= 0.3 is 0 Å². The van der Waals surface area contributed by atoms with E-state index >= 15 is 0 Å². The van der Waals surface area contributed by atoms with Crippen molar-refractivity contribution in [2.45, 2.75) is 12.8 Å². The highest BCUT2D eigenvalue weighted by atomic mass is 19.3. The molecule has 4 heteroatoms. The minimum absolute atomic E-state index is 0.417. The third kappa shape index (κ3) is 3.62. The van der Waals surface area contributed by atoms with Crippen LogP contribution in [0.2, 0.25) is 0 Å². The largest absolute Gasteiger partial charge is 0.376 e. The summed E-state index contributed by atoms with van der Waals surface area (Å²) < 4.78 is 27.8. The number of rotatable bonds is 5. The van der Waals surface area contributed by atoms with E-state index in [1.807, 2.05) is 0 Å². The molecule has 0 spiro atoms. The van der Waals surface area contributed by atoms with Gasteiger partial charge < -0.3 is 10.1 Å². The summed E-state index contributed by atoms with van der Waals surface area (Å²) >= 11 is 0. The van der Waals surface area contributed by atoms with Crippen LogP contribution in [0.3, 0.4) is 0 Å². The Morgan fingerprint density at radius 1 is 1.45 bits per heavy atom. The zero-order valence-electron chi connectivity index (χ0n) is 6.35. The topological polar surface area (TPSA) is 21.3 Å². The minimum Gasteiger partial charge on any atom is -0.376 e. The fraction of sp³-hybridized carbons (Fsp3) is 1.00. The van der Waals surface area contributed by atoms with Crippen molar-refractivity contribution in [2.75, 3.05) is 26.3 Å². The molecule has 0 saturated carbocycles. The van der Waals surface area contributed by atoms with Gasteiger partial charge in [-0.25, -0.2) is 8.78 Å². The predicted molar refractivity (Wildman–Crippen MR) is 37.8 cm³/mol. The minimum atomic E-state index is -2.32. The van der Waals surface area contributed by atoms with Gasteiger partial charge in [-0.15, -0.1) is 0 Å². The van der Waals surface area contributed by atoms with Crippen LogP contribution < -0.4 is 5.32 Å². The molecule has 0 aromatic carbocycles. The summed E-state index contributed by atoms with van der Waals surface area (Å²) in [6, 6.07) is 0. The first-order valence-corrected chi connectivity index (χ1v) is 3.85. The zero-order chi connectivity index (χ0) is 8.10. The van der Waals surface area contributed by atoms with E-state index in [4.69, 9.17) is 4.74 Å². The van der Waals surface area contributed by atoms with Crippen LogP contribution in [0, 0.1) is 5.92 Å². The molecule has 0 aromatic rings. The molecule has 0 atom stereocenters. The summed E-state index contributed by atoms with van der Waals surface area (Å²) in [7, 11) is 0. The van der Waals surface area contributed by atoms with E-state index in [-0.39, 0.29) is 0 Å². The van der Waals surface area contributed by atoms with E-state index in [9.17, 15) is 8.78 Å². The number of hydrogen-bond donors (Lipinski definition) is 1. The first-order valence-electron chi connectivity index (χ1n) is 3.85. The molecule has 1 aliphatic rings. The first kappa shape index (κ1) is 8.87. The number of ether oxygens (including phenoxy) is 1. The second-order valence-electron chi connectivity index (χ2n) is 2.78. The van der Waals surface area contributed by atoms with Crippen LogP contribution in [-0.4, -0.2) is 32.7 Å². The Balaban J connectivity index is 1.80. The summed E-state index contributed by atoms with van der Waals surface area (Å²) in [5.74, 6) is 0.646. The van der Waals surface area contributed by atoms with Gasteiger partial charge in [-0.1, -0.05) is 0 Å². The van der Waals surface area contributed by atoms with Gasteiger partial charge in [0.25, 0.3) is 6.43 Å². The molecular weight excluding hydrogens is 152 g/mol. The molecule has 0 aliphatic carbocycles. The molecule has 0 aromatic heterocycles. The molecule has 1 rings (SSSR count). The van der Waals surface area contributed by atoms with E-state index in [2.05, 4.69) is 5.32 Å². The highest BCUT2D eigenvalue weighted by Gasteiger charge is 2.15. The predicted octanol–water partition coefficient (Wildman–Crippen LogP) is 0.878. The quantitative estimate of drug-likeness (QED) is 0.610. The van der Waals surface area contributed by atoms with Crippen molar-refractivity contribution in [1.82, 2.24) is 5.32 Å². The fourth-order valence-electron chi connectivity index (χ4n) is 0.975. The van der Waals surface area contributed by atoms with E-state index < -0.39 is 13.0 Å². The van der Waals surface area contributed by atoms with Gasteiger partial charge in [0, 0.05) is 6.61 Å². The highest BCUT2D eigenvalue weighted by Crippen LogP contribution is 2.07. The standard InChI is InChI=1S/C7H13F2NO/c8-7(9)5-11-2-1-6-3-10-4-6/h6-7,10H,1-5H2. The molecule has 0 amide bonds. The van der Waals surface area contributed by atoms with Crippen LogP contribution in [0.15, 0.2) is 0 Å². The van der Waals surface area contributed by atoms with E-state index in [1.165, 1.54) is 0 Å². The zero-order valence-corrected chi connectivity index (χ0v) is 6.35. The lowest BCUT2D eigenvalue weighted by Crippen LogP contribution is -2.42. The van der Waals surface area contributed by atoms with E-state index in [0.29, 0.717) is 12.5 Å². The number of alkyl halides is 2. The molecule has 1 heterocycles. The lowest BCUT2D eigenvalue weighted by atomic mass is 10.0. The van der Waals surface area contributed by atoms with Gasteiger partial charge in [0.15, 0.2) is 0 Å². The van der Waals surface area contributed by atoms with Gasteiger partial charge in [0.05, 0.1) is 0 Å². The molecule has 0 unspecified atom stereocenters. The highest BCUT2D eigenvalue weighted by molar-refractivity contribution is 4.73. The Hall–Kier alpha value is -0.220. The molecule has 1 saturated heterocycles. The van der Waals surface area contributed by atoms with Crippen LogP contribution in [0.1, 0.15) is 6.42 Å². The van der Waals surface area contributed by atoms with Gasteiger partial charge in [-0.3, -0.25) is 0 Å². The second-order valence-corrected chi connectivity index (χ2v) is 2.78. The molecular formula is C7H13F2NO. The number of hydrogen-bond acceptors (Lipinski definition) is 2. The van der Waals surface area contributed by atoms with Crippen molar-refractivity contribution in [3.8, 4) is 0 Å². The third-order valence-electron chi connectivity index (χ3n) is 1.78. The second kappa shape index (κ2) is 4.62. The Kier molecular flexibility index (Phi) is 3.72. The Bertz CT molecular complexity index is 107. The maximum atomic E-state index is 11.5. The molecule has 1 fully saturated rings. The average molecular weight is 165 g/mol. The molecule has 0 radical (unpaired) electrons. The molecule has 1 aliphatic heterocycles. The van der Waals surface area contributed by atoms with Gasteiger partial charge in [-0.05, 0) is 25.4 Å². The smallest absolute Gasteiger partial charge is 0.261 e. The van der Waals surface area contributed by atoms with Crippen molar-refractivity contribution in [1.29, 1.82) is 0 Å². The molecule has 0 bridgehead atoms. The van der Waals surface area contributed by atoms with Crippen LogP contribution >= 0.6 is 0 Å². The van der Waals surface area contributed by atoms with Crippen LogP contribution in [0.5, 0.6) is 0 Å². The fourth-order valence-corrected chi connectivity index (χ4v) is 0.975. The first-order chi connectivity index (χ1) is 5.29. The molecule has 2 nitrogen and oxygen atoms in total. The van der Waals surface area contributed by atoms with Crippen molar-refractivity contribution < 1.29 is 13.5 Å². The maximum Gasteiger partial charge on any atom is 0.261 e. The van der Waals surface area contributed by atoms with E-state index in [0.717, 1.165) is 19.5 Å². The molecule has 11 heavy (non-hydrogen) atoms. The summed E-state index contributed by atoms with van der Waals surface area (Å²) in [4.78, 5) is 0.